The summed E-state index contributed by atoms with van der Waals surface area (Å²) in [5.74, 6) is 0.0526. The van der Waals surface area contributed by atoms with Gasteiger partial charge in [-0.1, -0.05) is 44.0 Å². The first kappa shape index (κ1) is 15.0. The van der Waals surface area contributed by atoms with E-state index in [4.69, 9.17) is 5.11 Å². The van der Waals surface area contributed by atoms with Crippen molar-refractivity contribution in [3.8, 4) is 0 Å². The molecule has 2 unspecified atom stereocenters. The number of carbonyl (C=O) groups is 1. The molecule has 20 heavy (non-hydrogen) atoms. The second-order valence-electron chi connectivity index (χ2n) is 6.18. The Balaban J connectivity index is 2.03. The molecule has 2 rings (SSSR count). The van der Waals surface area contributed by atoms with Gasteiger partial charge in [-0.3, -0.25) is 9.69 Å². The Labute approximate surface area is 121 Å². The molecule has 0 spiro atoms. The van der Waals surface area contributed by atoms with Crippen LogP contribution < -0.4 is 0 Å². The van der Waals surface area contributed by atoms with Crippen molar-refractivity contribution >= 4 is 5.97 Å². The van der Waals surface area contributed by atoms with Crippen molar-refractivity contribution in [3.63, 3.8) is 0 Å². The number of benzene rings is 1. The van der Waals surface area contributed by atoms with Gasteiger partial charge >= 0.3 is 5.97 Å². The van der Waals surface area contributed by atoms with E-state index >= 15 is 0 Å². The summed E-state index contributed by atoms with van der Waals surface area (Å²) in [6.07, 6.45) is 5.30. The van der Waals surface area contributed by atoms with E-state index in [-0.39, 0.29) is 6.42 Å². The lowest BCUT2D eigenvalue weighted by molar-refractivity contribution is -0.136. The number of nitrogens with zero attached hydrogens (tertiary/aromatic N) is 1. The maximum Gasteiger partial charge on any atom is 0.307 e. The van der Waals surface area contributed by atoms with Crippen LogP contribution in [0.3, 0.4) is 0 Å². The van der Waals surface area contributed by atoms with Crippen LogP contribution in [0.5, 0.6) is 0 Å². The summed E-state index contributed by atoms with van der Waals surface area (Å²) < 4.78 is 0. The zero-order valence-electron chi connectivity index (χ0n) is 12.5. The minimum Gasteiger partial charge on any atom is -0.481 e. The standard InChI is InChI=1S/C17H25NO2/c1-13-6-5-9-16(10-13)18(2)12-15-8-4-3-7-14(15)11-17(19)20/h3-4,7-8,13,16H,5-6,9-12H2,1-2H3,(H,19,20). The minimum atomic E-state index is -0.758. The smallest absolute Gasteiger partial charge is 0.307 e. The summed E-state index contributed by atoms with van der Waals surface area (Å²) in [7, 11) is 2.17. The van der Waals surface area contributed by atoms with Crippen molar-refractivity contribution in [1.82, 2.24) is 4.90 Å². The van der Waals surface area contributed by atoms with Crippen LogP contribution >= 0.6 is 0 Å². The van der Waals surface area contributed by atoms with E-state index in [1.54, 1.807) is 0 Å². The average Bonchev–Trinajstić information content (AvgIpc) is 2.40. The minimum absolute atomic E-state index is 0.116. The van der Waals surface area contributed by atoms with Crippen LogP contribution in [0.15, 0.2) is 24.3 Å². The summed E-state index contributed by atoms with van der Waals surface area (Å²) in [4.78, 5) is 13.3. The van der Waals surface area contributed by atoms with Gasteiger partial charge in [-0.05, 0) is 36.9 Å². The van der Waals surface area contributed by atoms with Crippen molar-refractivity contribution in [2.45, 2.75) is 51.6 Å². The highest BCUT2D eigenvalue weighted by Crippen LogP contribution is 2.27. The first-order valence-electron chi connectivity index (χ1n) is 7.55. The first-order valence-corrected chi connectivity index (χ1v) is 7.55. The molecule has 0 aliphatic heterocycles. The van der Waals surface area contributed by atoms with Gasteiger partial charge in [0.1, 0.15) is 0 Å². The Bertz CT molecular complexity index is 458. The van der Waals surface area contributed by atoms with Gasteiger partial charge in [0.15, 0.2) is 0 Å². The molecule has 1 aliphatic rings. The lowest BCUT2D eigenvalue weighted by Crippen LogP contribution is -2.35. The molecule has 0 saturated heterocycles. The Kier molecular flexibility index (Phi) is 5.18. The fourth-order valence-corrected chi connectivity index (χ4v) is 3.25. The second kappa shape index (κ2) is 6.89. The number of hydrogen-bond acceptors (Lipinski definition) is 2. The molecule has 0 heterocycles. The molecule has 0 aromatic heterocycles. The van der Waals surface area contributed by atoms with Gasteiger partial charge in [0.2, 0.25) is 0 Å². The molecule has 0 bridgehead atoms. The summed E-state index contributed by atoms with van der Waals surface area (Å²) in [5.41, 5.74) is 2.09. The van der Waals surface area contributed by atoms with Crippen molar-refractivity contribution in [1.29, 1.82) is 0 Å². The van der Waals surface area contributed by atoms with Crippen LogP contribution in [0.1, 0.15) is 43.7 Å². The van der Waals surface area contributed by atoms with Gasteiger partial charge in [0, 0.05) is 12.6 Å². The Morgan fingerprint density at radius 1 is 1.30 bits per heavy atom. The third-order valence-electron chi connectivity index (χ3n) is 4.41. The SMILES string of the molecule is CC1CCCC(N(C)Cc2ccccc2CC(=O)O)C1. The van der Waals surface area contributed by atoms with Crippen LogP contribution in [-0.2, 0) is 17.8 Å². The van der Waals surface area contributed by atoms with Crippen LogP contribution in [0.4, 0.5) is 0 Å². The van der Waals surface area contributed by atoms with Crippen LogP contribution in [0.25, 0.3) is 0 Å². The van der Waals surface area contributed by atoms with Crippen molar-refractivity contribution in [3.05, 3.63) is 35.4 Å². The molecule has 2 atom stereocenters. The molecule has 110 valence electrons. The van der Waals surface area contributed by atoms with Gasteiger partial charge in [-0.2, -0.15) is 0 Å². The highest BCUT2D eigenvalue weighted by molar-refractivity contribution is 5.70. The number of carboxylic acid groups (broad SMARTS) is 1. The molecular weight excluding hydrogens is 250 g/mol. The van der Waals surface area contributed by atoms with E-state index in [1.165, 1.54) is 25.7 Å². The van der Waals surface area contributed by atoms with E-state index in [0.717, 1.165) is 23.6 Å². The third kappa shape index (κ3) is 4.07. The average molecular weight is 275 g/mol. The summed E-state index contributed by atoms with van der Waals surface area (Å²) >= 11 is 0. The molecule has 1 N–H and O–H groups in total. The molecule has 3 nitrogen and oxygen atoms in total. The molecule has 0 amide bonds. The lowest BCUT2D eigenvalue weighted by atomic mass is 9.86. The zero-order chi connectivity index (χ0) is 14.5. The predicted molar refractivity (Wildman–Crippen MR) is 80.7 cm³/mol. The van der Waals surface area contributed by atoms with E-state index in [2.05, 4.69) is 24.9 Å². The largest absolute Gasteiger partial charge is 0.481 e. The molecule has 1 aromatic carbocycles. The van der Waals surface area contributed by atoms with Crippen molar-refractivity contribution in [2.24, 2.45) is 5.92 Å². The highest BCUT2D eigenvalue weighted by atomic mass is 16.4. The van der Waals surface area contributed by atoms with Crippen molar-refractivity contribution in [2.75, 3.05) is 7.05 Å². The third-order valence-corrected chi connectivity index (χ3v) is 4.41. The number of rotatable bonds is 5. The topological polar surface area (TPSA) is 40.5 Å². The zero-order valence-corrected chi connectivity index (χ0v) is 12.5. The first-order chi connectivity index (χ1) is 9.56. The molecule has 1 aliphatic carbocycles. The fourth-order valence-electron chi connectivity index (χ4n) is 3.25. The number of aliphatic carboxylic acids is 1. The molecule has 1 fully saturated rings. The normalized spacial score (nSPS) is 22.9. The molecule has 1 saturated carbocycles. The highest BCUT2D eigenvalue weighted by Gasteiger charge is 2.22. The quantitative estimate of drug-likeness (QED) is 0.896. The Morgan fingerprint density at radius 3 is 2.65 bits per heavy atom. The maximum absolute atomic E-state index is 10.9. The lowest BCUT2D eigenvalue weighted by Gasteiger charge is -2.34. The van der Waals surface area contributed by atoms with Gasteiger partial charge in [0.25, 0.3) is 0 Å². The van der Waals surface area contributed by atoms with Crippen molar-refractivity contribution < 1.29 is 9.90 Å². The van der Waals surface area contributed by atoms with Gasteiger partial charge in [-0.15, -0.1) is 0 Å². The van der Waals surface area contributed by atoms with E-state index in [9.17, 15) is 4.79 Å². The van der Waals surface area contributed by atoms with Crippen LogP contribution in [-0.4, -0.2) is 29.1 Å². The number of hydrogen-bond donors (Lipinski definition) is 1. The summed E-state index contributed by atoms with van der Waals surface area (Å²) in [5, 5.41) is 9.00. The van der Waals surface area contributed by atoms with E-state index in [0.29, 0.717) is 6.04 Å². The molecular formula is C17H25NO2. The molecule has 0 radical (unpaired) electrons. The Morgan fingerprint density at radius 2 is 2.00 bits per heavy atom. The predicted octanol–water partition coefficient (Wildman–Crippen LogP) is 3.32. The van der Waals surface area contributed by atoms with Crippen LogP contribution in [0.2, 0.25) is 0 Å². The van der Waals surface area contributed by atoms with E-state index < -0.39 is 5.97 Å². The monoisotopic (exact) mass is 275 g/mol. The van der Waals surface area contributed by atoms with Crippen LogP contribution in [0, 0.1) is 5.92 Å². The van der Waals surface area contributed by atoms with Gasteiger partial charge in [-0.25, -0.2) is 0 Å². The number of carboxylic acids is 1. The maximum atomic E-state index is 10.9. The summed E-state index contributed by atoms with van der Waals surface area (Å²) in [6, 6.07) is 8.54. The summed E-state index contributed by atoms with van der Waals surface area (Å²) in [6.45, 7) is 3.18. The van der Waals surface area contributed by atoms with Gasteiger partial charge in [0.05, 0.1) is 6.42 Å². The molecule has 1 aromatic rings. The van der Waals surface area contributed by atoms with Gasteiger partial charge < -0.3 is 5.11 Å². The Hall–Kier alpha value is -1.35. The molecule has 3 heteroatoms. The second-order valence-corrected chi connectivity index (χ2v) is 6.18. The van der Waals surface area contributed by atoms with E-state index in [1.807, 2.05) is 18.2 Å². The fraction of sp³-hybridized carbons (Fsp3) is 0.588.